The van der Waals surface area contributed by atoms with Crippen LogP contribution in [0.4, 0.5) is 0 Å². The standard InChI is InChI=1S/C13H17N3O2/c1-18-13-4-2-11(3-5-13)6-8-16-10-12(7-9-17)14-15-16/h2-5,10,17H,6-9H2,1H3. The van der Waals surface area contributed by atoms with Gasteiger partial charge in [0.1, 0.15) is 5.75 Å². The number of aromatic nitrogens is 3. The summed E-state index contributed by atoms with van der Waals surface area (Å²) in [5.41, 5.74) is 2.06. The first-order valence-corrected chi connectivity index (χ1v) is 5.94. The summed E-state index contributed by atoms with van der Waals surface area (Å²) >= 11 is 0. The second-order valence-corrected chi connectivity index (χ2v) is 4.04. The molecule has 5 nitrogen and oxygen atoms in total. The van der Waals surface area contributed by atoms with Gasteiger partial charge in [0.25, 0.3) is 0 Å². The molecule has 0 aliphatic carbocycles. The van der Waals surface area contributed by atoms with E-state index in [0.717, 1.165) is 24.4 Å². The minimum Gasteiger partial charge on any atom is -0.497 e. The Morgan fingerprint density at radius 2 is 2.00 bits per heavy atom. The zero-order valence-corrected chi connectivity index (χ0v) is 10.4. The average Bonchev–Trinajstić information content (AvgIpc) is 2.85. The van der Waals surface area contributed by atoms with Gasteiger partial charge in [-0.15, -0.1) is 5.10 Å². The van der Waals surface area contributed by atoms with Crippen LogP contribution in [0.3, 0.4) is 0 Å². The maximum atomic E-state index is 8.80. The van der Waals surface area contributed by atoms with Crippen LogP contribution < -0.4 is 4.74 Å². The number of benzene rings is 1. The van der Waals surface area contributed by atoms with Crippen LogP contribution in [0.2, 0.25) is 0 Å². The van der Waals surface area contributed by atoms with E-state index in [1.807, 2.05) is 30.5 Å². The zero-order chi connectivity index (χ0) is 12.8. The summed E-state index contributed by atoms with van der Waals surface area (Å²) in [6.07, 6.45) is 3.33. The normalized spacial score (nSPS) is 10.6. The highest BCUT2D eigenvalue weighted by atomic mass is 16.5. The van der Waals surface area contributed by atoms with Crippen molar-refractivity contribution in [1.82, 2.24) is 15.0 Å². The number of nitrogens with zero attached hydrogens (tertiary/aromatic N) is 3. The van der Waals surface area contributed by atoms with Crippen LogP contribution in [0.25, 0.3) is 0 Å². The van der Waals surface area contributed by atoms with Gasteiger partial charge in [0.2, 0.25) is 0 Å². The molecule has 0 aliphatic rings. The van der Waals surface area contributed by atoms with E-state index >= 15 is 0 Å². The van der Waals surface area contributed by atoms with Crippen molar-refractivity contribution in [3.05, 3.63) is 41.7 Å². The molecule has 0 radical (unpaired) electrons. The third-order valence-corrected chi connectivity index (χ3v) is 2.74. The lowest BCUT2D eigenvalue weighted by molar-refractivity contribution is 0.298. The molecule has 96 valence electrons. The summed E-state index contributed by atoms with van der Waals surface area (Å²) in [7, 11) is 1.66. The lowest BCUT2D eigenvalue weighted by atomic mass is 10.1. The van der Waals surface area contributed by atoms with E-state index in [1.165, 1.54) is 5.56 Å². The van der Waals surface area contributed by atoms with Crippen molar-refractivity contribution >= 4 is 0 Å². The summed E-state index contributed by atoms with van der Waals surface area (Å²) in [6.45, 7) is 0.891. The average molecular weight is 247 g/mol. The van der Waals surface area contributed by atoms with Crippen molar-refractivity contribution < 1.29 is 9.84 Å². The minimum atomic E-state index is 0.108. The Hall–Kier alpha value is -1.88. The van der Waals surface area contributed by atoms with Crippen LogP contribution in [0.15, 0.2) is 30.5 Å². The number of aliphatic hydroxyl groups excluding tert-OH is 1. The van der Waals surface area contributed by atoms with Gasteiger partial charge in [0.15, 0.2) is 0 Å². The van der Waals surface area contributed by atoms with Crippen molar-refractivity contribution in [3.63, 3.8) is 0 Å². The second kappa shape index (κ2) is 6.16. The molecule has 0 atom stereocenters. The molecule has 1 aromatic heterocycles. The predicted octanol–water partition coefficient (Wildman–Crippen LogP) is 1.06. The lowest BCUT2D eigenvalue weighted by Crippen LogP contribution is -2.02. The number of hydrogen-bond acceptors (Lipinski definition) is 4. The topological polar surface area (TPSA) is 60.2 Å². The van der Waals surface area contributed by atoms with E-state index in [1.54, 1.807) is 11.8 Å². The molecule has 18 heavy (non-hydrogen) atoms. The number of aryl methyl sites for hydroxylation is 2. The number of aliphatic hydroxyl groups is 1. The van der Waals surface area contributed by atoms with Crippen molar-refractivity contribution in [3.8, 4) is 5.75 Å². The Balaban J connectivity index is 1.89. The van der Waals surface area contributed by atoms with Gasteiger partial charge >= 0.3 is 0 Å². The van der Waals surface area contributed by atoms with Crippen molar-refractivity contribution in [2.75, 3.05) is 13.7 Å². The molecule has 0 unspecified atom stereocenters. The summed E-state index contributed by atoms with van der Waals surface area (Å²) < 4.78 is 6.91. The third kappa shape index (κ3) is 3.30. The van der Waals surface area contributed by atoms with E-state index < -0.39 is 0 Å². The highest BCUT2D eigenvalue weighted by molar-refractivity contribution is 5.27. The fraction of sp³-hybridized carbons (Fsp3) is 0.385. The Labute approximate surface area is 106 Å². The number of methoxy groups -OCH3 is 1. The molecule has 2 aromatic rings. The van der Waals surface area contributed by atoms with Gasteiger partial charge in [-0.1, -0.05) is 17.3 Å². The number of rotatable bonds is 6. The van der Waals surface area contributed by atoms with Crippen molar-refractivity contribution in [2.45, 2.75) is 19.4 Å². The molecule has 0 fully saturated rings. The van der Waals surface area contributed by atoms with Crippen LogP contribution in [0.1, 0.15) is 11.3 Å². The van der Waals surface area contributed by atoms with E-state index in [2.05, 4.69) is 10.3 Å². The van der Waals surface area contributed by atoms with Gasteiger partial charge in [-0.05, 0) is 24.1 Å². The van der Waals surface area contributed by atoms with Gasteiger partial charge in [-0.3, -0.25) is 4.68 Å². The van der Waals surface area contributed by atoms with Gasteiger partial charge in [-0.2, -0.15) is 0 Å². The molecule has 2 rings (SSSR count). The first-order chi connectivity index (χ1) is 8.81. The van der Waals surface area contributed by atoms with Gasteiger partial charge in [0.05, 0.1) is 12.8 Å². The summed E-state index contributed by atoms with van der Waals surface area (Å²) in [5.74, 6) is 0.865. The van der Waals surface area contributed by atoms with Crippen molar-refractivity contribution in [2.24, 2.45) is 0 Å². The minimum absolute atomic E-state index is 0.108. The molecular weight excluding hydrogens is 230 g/mol. The second-order valence-electron chi connectivity index (χ2n) is 4.04. The zero-order valence-electron chi connectivity index (χ0n) is 10.4. The van der Waals surface area contributed by atoms with Crippen LogP contribution in [-0.4, -0.2) is 33.8 Å². The smallest absolute Gasteiger partial charge is 0.118 e. The molecule has 1 heterocycles. The molecule has 1 aromatic carbocycles. The largest absolute Gasteiger partial charge is 0.497 e. The quantitative estimate of drug-likeness (QED) is 0.829. The SMILES string of the molecule is COc1ccc(CCn2cc(CCO)nn2)cc1. The highest BCUT2D eigenvalue weighted by Crippen LogP contribution is 2.12. The lowest BCUT2D eigenvalue weighted by Gasteiger charge is -2.03. The molecule has 0 saturated carbocycles. The maximum Gasteiger partial charge on any atom is 0.118 e. The van der Waals surface area contributed by atoms with Crippen molar-refractivity contribution in [1.29, 1.82) is 0 Å². The fourth-order valence-corrected chi connectivity index (χ4v) is 1.71. The molecule has 0 spiro atoms. The summed E-state index contributed by atoms with van der Waals surface area (Å²) in [4.78, 5) is 0. The summed E-state index contributed by atoms with van der Waals surface area (Å²) in [5, 5.41) is 16.8. The first kappa shape index (κ1) is 12.6. The van der Waals surface area contributed by atoms with E-state index in [0.29, 0.717) is 6.42 Å². The first-order valence-electron chi connectivity index (χ1n) is 5.94. The number of ether oxygens (including phenoxy) is 1. The van der Waals surface area contributed by atoms with E-state index in [4.69, 9.17) is 9.84 Å². The Bertz CT molecular complexity index is 479. The van der Waals surface area contributed by atoms with Crippen LogP contribution in [-0.2, 0) is 19.4 Å². The van der Waals surface area contributed by atoms with E-state index in [-0.39, 0.29) is 6.61 Å². The molecule has 0 amide bonds. The molecule has 5 heteroatoms. The molecule has 0 bridgehead atoms. The molecule has 0 saturated heterocycles. The monoisotopic (exact) mass is 247 g/mol. The van der Waals surface area contributed by atoms with Crippen LogP contribution in [0, 0.1) is 0 Å². The maximum absolute atomic E-state index is 8.80. The Morgan fingerprint density at radius 3 is 2.67 bits per heavy atom. The van der Waals surface area contributed by atoms with E-state index in [9.17, 15) is 0 Å². The number of hydrogen-bond donors (Lipinski definition) is 1. The van der Waals surface area contributed by atoms with Crippen LogP contribution >= 0.6 is 0 Å². The van der Waals surface area contributed by atoms with Gasteiger partial charge in [-0.25, -0.2) is 0 Å². The fourth-order valence-electron chi connectivity index (χ4n) is 1.71. The van der Waals surface area contributed by atoms with Gasteiger partial charge in [0, 0.05) is 25.8 Å². The Kier molecular flexibility index (Phi) is 4.30. The molecular formula is C13H17N3O2. The van der Waals surface area contributed by atoms with Gasteiger partial charge < -0.3 is 9.84 Å². The summed E-state index contributed by atoms with van der Waals surface area (Å²) in [6, 6.07) is 8.00. The third-order valence-electron chi connectivity index (χ3n) is 2.74. The molecule has 0 aliphatic heterocycles. The van der Waals surface area contributed by atoms with Crippen LogP contribution in [0.5, 0.6) is 5.75 Å². The highest BCUT2D eigenvalue weighted by Gasteiger charge is 2.00. The predicted molar refractivity (Wildman–Crippen MR) is 67.5 cm³/mol. The Morgan fingerprint density at radius 1 is 1.22 bits per heavy atom. The molecule has 1 N–H and O–H groups in total.